The second-order valence-corrected chi connectivity index (χ2v) is 5.16. The van der Waals surface area contributed by atoms with E-state index in [2.05, 4.69) is 5.10 Å². The Morgan fingerprint density at radius 1 is 1.05 bits per heavy atom. The molecule has 0 saturated carbocycles. The van der Waals surface area contributed by atoms with E-state index in [1.807, 2.05) is 30.3 Å². The van der Waals surface area contributed by atoms with E-state index in [1.165, 1.54) is 28.9 Å². The molecular formula is C14H9N3O3S. The van der Waals surface area contributed by atoms with Crippen LogP contribution in [0.4, 0.5) is 5.69 Å². The molecule has 21 heavy (non-hydrogen) atoms. The summed E-state index contributed by atoms with van der Waals surface area (Å²) in [5, 5.41) is 15.5. The van der Waals surface area contributed by atoms with Crippen molar-refractivity contribution in [3.8, 4) is 16.3 Å². The van der Waals surface area contributed by atoms with E-state index >= 15 is 0 Å². The molecule has 3 rings (SSSR count). The molecule has 104 valence electrons. The van der Waals surface area contributed by atoms with Crippen molar-refractivity contribution in [2.24, 2.45) is 0 Å². The number of non-ortho nitro benzene ring substituents is 1. The Hall–Kier alpha value is -2.80. The van der Waals surface area contributed by atoms with Gasteiger partial charge in [-0.2, -0.15) is 9.78 Å². The molecular weight excluding hydrogens is 290 g/mol. The lowest BCUT2D eigenvalue weighted by Gasteiger charge is -1.99. The normalized spacial score (nSPS) is 10.5. The molecule has 0 aliphatic rings. The van der Waals surface area contributed by atoms with Gasteiger partial charge >= 0.3 is 4.87 Å². The highest BCUT2D eigenvalue weighted by molar-refractivity contribution is 7.12. The van der Waals surface area contributed by atoms with Crippen LogP contribution in [-0.2, 0) is 0 Å². The second-order valence-electron chi connectivity index (χ2n) is 4.22. The van der Waals surface area contributed by atoms with E-state index in [1.54, 1.807) is 0 Å². The predicted octanol–water partition coefficient (Wildman–Crippen LogP) is 2.87. The smallest absolute Gasteiger partial charge is 0.258 e. The number of nitro benzene ring substituents is 1. The highest BCUT2D eigenvalue weighted by atomic mass is 32.1. The zero-order chi connectivity index (χ0) is 14.8. The molecule has 0 aliphatic carbocycles. The lowest BCUT2D eigenvalue weighted by atomic mass is 10.2. The zero-order valence-corrected chi connectivity index (χ0v) is 11.5. The molecule has 0 radical (unpaired) electrons. The van der Waals surface area contributed by atoms with Crippen LogP contribution in [0.15, 0.2) is 59.4 Å². The molecule has 1 aromatic heterocycles. The summed E-state index contributed by atoms with van der Waals surface area (Å²) < 4.78 is 1.25. The van der Waals surface area contributed by atoms with Crippen LogP contribution in [0.1, 0.15) is 0 Å². The number of rotatable bonds is 3. The SMILES string of the molecule is O=c1sc(-c2ccccc2)nn1-c1ccc([N+](=O)[O-])cc1. The van der Waals surface area contributed by atoms with Crippen molar-refractivity contribution >= 4 is 17.0 Å². The van der Waals surface area contributed by atoms with Crippen molar-refractivity contribution in [1.82, 2.24) is 9.78 Å². The van der Waals surface area contributed by atoms with Crippen LogP contribution in [0.25, 0.3) is 16.3 Å². The van der Waals surface area contributed by atoms with Crippen LogP contribution in [-0.4, -0.2) is 14.7 Å². The Kier molecular flexibility index (Phi) is 3.33. The van der Waals surface area contributed by atoms with Crippen LogP contribution in [0.2, 0.25) is 0 Å². The fraction of sp³-hybridized carbons (Fsp3) is 0. The van der Waals surface area contributed by atoms with Crippen LogP contribution in [0.3, 0.4) is 0 Å². The van der Waals surface area contributed by atoms with Crippen molar-refractivity contribution < 1.29 is 4.92 Å². The van der Waals surface area contributed by atoms with Gasteiger partial charge in [0.15, 0.2) is 0 Å². The summed E-state index contributed by atoms with van der Waals surface area (Å²) in [6, 6.07) is 15.1. The highest BCUT2D eigenvalue weighted by Gasteiger charge is 2.11. The third kappa shape index (κ3) is 2.59. The first-order valence-electron chi connectivity index (χ1n) is 6.05. The molecule has 0 atom stereocenters. The van der Waals surface area contributed by atoms with E-state index in [9.17, 15) is 14.9 Å². The van der Waals surface area contributed by atoms with Gasteiger partial charge in [0.25, 0.3) is 5.69 Å². The molecule has 0 spiro atoms. The Bertz CT molecular complexity index is 838. The maximum absolute atomic E-state index is 12.0. The summed E-state index contributed by atoms with van der Waals surface area (Å²) in [5.74, 6) is 0. The van der Waals surface area contributed by atoms with Gasteiger partial charge in [0.1, 0.15) is 5.01 Å². The third-order valence-corrected chi connectivity index (χ3v) is 3.73. The van der Waals surface area contributed by atoms with Gasteiger partial charge in [-0.05, 0) is 12.1 Å². The van der Waals surface area contributed by atoms with Gasteiger partial charge in [0.2, 0.25) is 0 Å². The minimum absolute atomic E-state index is 0.0229. The van der Waals surface area contributed by atoms with Crippen LogP contribution in [0, 0.1) is 10.1 Å². The van der Waals surface area contributed by atoms with Gasteiger partial charge in [-0.25, -0.2) is 0 Å². The number of hydrogen-bond acceptors (Lipinski definition) is 5. The maximum Gasteiger partial charge on any atom is 0.330 e. The summed E-state index contributed by atoms with van der Waals surface area (Å²) in [4.78, 5) is 21.9. The van der Waals surface area contributed by atoms with Gasteiger partial charge < -0.3 is 0 Å². The monoisotopic (exact) mass is 299 g/mol. The Balaban J connectivity index is 2.02. The summed E-state index contributed by atoms with van der Waals surface area (Å²) >= 11 is 1.04. The summed E-state index contributed by atoms with van der Waals surface area (Å²) in [7, 11) is 0. The topological polar surface area (TPSA) is 78.0 Å². The number of nitrogens with zero attached hydrogens (tertiary/aromatic N) is 3. The molecule has 3 aromatic rings. The lowest BCUT2D eigenvalue weighted by molar-refractivity contribution is -0.384. The summed E-state index contributed by atoms with van der Waals surface area (Å²) in [6.45, 7) is 0. The molecule has 0 bridgehead atoms. The molecule has 0 amide bonds. The Morgan fingerprint density at radius 3 is 2.33 bits per heavy atom. The first-order chi connectivity index (χ1) is 10.1. The highest BCUT2D eigenvalue weighted by Crippen LogP contribution is 2.20. The quantitative estimate of drug-likeness (QED) is 0.550. The lowest BCUT2D eigenvalue weighted by Crippen LogP contribution is -2.11. The second kappa shape index (κ2) is 5.29. The van der Waals surface area contributed by atoms with Gasteiger partial charge in [0.05, 0.1) is 10.6 Å². The molecule has 1 heterocycles. The Morgan fingerprint density at radius 2 is 1.71 bits per heavy atom. The molecule has 6 nitrogen and oxygen atoms in total. The van der Waals surface area contributed by atoms with E-state index in [0.29, 0.717) is 10.7 Å². The first kappa shape index (κ1) is 13.2. The van der Waals surface area contributed by atoms with Crippen LogP contribution < -0.4 is 4.87 Å². The third-order valence-electron chi connectivity index (χ3n) is 2.87. The summed E-state index contributed by atoms with van der Waals surface area (Å²) in [5.41, 5.74) is 1.34. The number of hydrogen-bond donors (Lipinski definition) is 0. The Labute approximate surface area is 123 Å². The van der Waals surface area contributed by atoms with Crippen molar-refractivity contribution in [1.29, 1.82) is 0 Å². The van der Waals surface area contributed by atoms with Crippen molar-refractivity contribution in [2.45, 2.75) is 0 Å². The van der Waals surface area contributed by atoms with Gasteiger partial charge in [-0.3, -0.25) is 14.9 Å². The molecule has 7 heteroatoms. The van der Waals surface area contributed by atoms with Gasteiger partial charge in [-0.1, -0.05) is 41.7 Å². The molecule has 0 N–H and O–H groups in total. The standard InChI is InChI=1S/C14H9N3O3S/c18-14-16(11-6-8-12(9-7-11)17(19)20)15-13(21-14)10-4-2-1-3-5-10/h1-9H. The molecule has 0 fully saturated rings. The maximum atomic E-state index is 12.0. The fourth-order valence-corrected chi connectivity index (χ4v) is 2.63. The van der Waals surface area contributed by atoms with E-state index in [4.69, 9.17) is 0 Å². The van der Waals surface area contributed by atoms with Gasteiger partial charge in [0, 0.05) is 17.7 Å². The largest absolute Gasteiger partial charge is 0.330 e. The average Bonchev–Trinajstić information content (AvgIpc) is 2.90. The van der Waals surface area contributed by atoms with E-state index in [0.717, 1.165) is 16.9 Å². The molecule has 2 aromatic carbocycles. The fourth-order valence-electron chi connectivity index (χ4n) is 1.85. The average molecular weight is 299 g/mol. The zero-order valence-electron chi connectivity index (χ0n) is 10.7. The molecule has 0 saturated heterocycles. The summed E-state index contributed by atoms with van der Waals surface area (Å²) in [6.07, 6.45) is 0. The van der Waals surface area contributed by atoms with Gasteiger partial charge in [-0.15, -0.1) is 0 Å². The minimum atomic E-state index is -0.483. The number of benzene rings is 2. The first-order valence-corrected chi connectivity index (χ1v) is 6.87. The van der Waals surface area contributed by atoms with Crippen molar-refractivity contribution in [2.75, 3.05) is 0 Å². The number of nitro groups is 1. The number of aromatic nitrogens is 2. The minimum Gasteiger partial charge on any atom is -0.258 e. The van der Waals surface area contributed by atoms with Crippen LogP contribution >= 0.6 is 11.3 Å². The predicted molar refractivity (Wildman–Crippen MR) is 79.8 cm³/mol. The van der Waals surface area contributed by atoms with E-state index in [-0.39, 0.29) is 10.6 Å². The van der Waals surface area contributed by atoms with Crippen molar-refractivity contribution in [3.05, 3.63) is 74.4 Å². The molecule has 0 unspecified atom stereocenters. The van der Waals surface area contributed by atoms with Crippen LogP contribution in [0.5, 0.6) is 0 Å². The van der Waals surface area contributed by atoms with Crippen molar-refractivity contribution in [3.63, 3.8) is 0 Å². The molecule has 0 aliphatic heterocycles. The van der Waals surface area contributed by atoms with E-state index < -0.39 is 4.92 Å².